The highest BCUT2D eigenvalue weighted by Crippen LogP contribution is 2.34. The molecule has 0 bridgehead atoms. The molecule has 1 aliphatic rings. The Morgan fingerprint density at radius 2 is 2.19 bits per heavy atom. The van der Waals surface area contributed by atoms with Crippen LogP contribution < -0.4 is 4.74 Å². The van der Waals surface area contributed by atoms with Gasteiger partial charge in [0, 0.05) is 12.6 Å². The third-order valence-electron chi connectivity index (χ3n) is 4.80. The minimum Gasteiger partial charge on any atom is -0.497 e. The summed E-state index contributed by atoms with van der Waals surface area (Å²) in [4.78, 5) is 2.35. The zero-order valence-electron chi connectivity index (χ0n) is 13.4. The Kier molecular flexibility index (Phi) is 5.64. The standard InChI is InChI=1S/C18H26N2O/c1-4-14-8-9-16(12-19)18(11-14)20(2)13-15-6-5-7-17(10-15)21-3/h5-7,10,14,16,18H,4,8-9,11,13H2,1-3H3. The lowest BCUT2D eigenvalue weighted by Crippen LogP contribution is -2.41. The van der Waals surface area contributed by atoms with Gasteiger partial charge in [-0.2, -0.15) is 5.26 Å². The second-order valence-electron chi connectivity index (χ2n) is 6.16. The van der Waals surface area contributed by atoms with Crippen LogP contribution in [0.25, 0.3) is 0 Å². The van der Waals surface area contributed by atoms with Crippen LogP contribution in [-0.2, 0) is 6.54 Å². The quantitative estimate of drug-likeness (QED) is 0.825. The molecule has 3 atom stereocenters. The van der Waals surface area contributed by atoms with E-state index in [2.05, 4.69) is 37.1 Å². The van der Waals surface area contributed by atoms with Crippen molar-refractivity contribution in [3.05, 3.63) is 29.8 Å². The van der Waals surface area contributed by atoms with Crippen molar-refractivity contribution < 1.29 is 4.74 Å². The second-order valence-corrected chi connectivity index (χ2v) is 6.16. The fourth-order valence-corrected chi connectivity index (χ4v) is 3.42. The molecule has 1 fully saturated rings. The third kappa shape index (κ3) is 3.98. The van der Waals surface area contributed by atoms with Gasteiger partial charge in [0.25, 0.3) is 0 Å². The van der Waals surface area contributed by atoms with Crippen molar-refractivity contribution >= 4 is 0 Å². The molecular weight excluding hydrogens is 260 g/mol. The first-order valence-corrected chi connectivity index (χ1v) is 7.90. The maximum absolute atomic E-state index is 9.42. The molecule has 114 valence electrons. The molecule has 1 aromatic carbocycles. The van der Waals surface area contributed by atoms with E-state index in [0.29, 0.717) is 6.04 Å². The minimum absolute atomic E-state index is 0.170. The smallest absolute Gasteiger partial charge is 0.119 e. The molecule has 3 heteroatoms. The molecule has 0 radical (unpaired) electrons. The van der Waals surface area contributed by atoms with E-state index in [-0.39, 0.29) is 5.92 Å². The van der Waals surface area contributed by atoms with Gasteiger partial charge in [0.05, 0.1) is 19.1 Å². The number of hydrogen-bond acceptors (Lipinski definition) is 3. The minimum atomic E-state index is 0.170. The van der Waals surface area contributed by atoms with Crippen LogP contribution >= 0.6 is 0 Å². The lowest BCUT2D eigenvalue weighted by molar-refractivity contribution is 0.118. The number of ether oxygens (including phenoxy) is 1. The fourth-order valence-electron chi connectivity index (χ4n) is 3.42. The van der Waals surface area contributed by atoms with Crippen molar-refractivity contribution in [1.82, 2.24) is 4.90 Å². The first-order chi connectivity index (χ1) is 10.2. The average Bonchev–Trinajstić information content (AvgIpc) is 2.54. The number of rotatable bonds is 5. The van der Waals surface area contributed by atoms with Gasteiger partial charge in [-0.05, 0) is 49.9 Å². The number of nitrogens with zero attached hydrogens (tertiary/aromatic N) is 2. The van der Waals surface area contributed by atoms with Crippen LogP contribution in [-0.4, -0.2) is 25.1 Å². The van der Waals surface area contributed by atoms with E-state index in [4.69, 9.17) is 4.74 Å². The number of methoxy groups -OCH3 is 1. The van der Waals surface area contributed by atoms with Crippen molar-refractivity contribution in [2.45, 2.75) is 45.2 Å². The van der Waals surface area contributed by atoms with E-state index in [1.54, 1.807) is 7.11 Å². The zero-order valence-corrected chi connectivity index (χ0v) is 13.4. The fraction of sp³-hybridized carbons (Fsp3) is 0.611. The SMILES string of the molecule is CCC1CCC(C#N)C(N(C)Cc2cccc(OC)c2)C1. The summed E-state index contributed by atoms with van der Waals surface area (Å²) < 4.78 is 5.29. The summed E-state index contributed by atoms with van der Waals surface area (Å²) in [7, 11) is 3.84. The predicted molar refractivity (Wildman–Crippen MR) is 85.0 cm³/mol. The molecule has 2 rings (SSSR count). The zero-order chi connectivity index (χ0) is 15.2. The van der Waals surface area contributed by atoms with Gasteiger partial charge in [-0.25, -0.2) is 0 Å². The summed E-state index contributed by atoms with van der Waals surface area (Å²) in [6.07, 6.45) is 4.62. The Morgan fingerprint density at radius 1 is 1.38 bits per heavy atom. The molecule has 1 aliphatic carbocycles. The molecule has 1 saturated carbocycles. The predicted octanol–water partition coefficient (Wildman–Crippen LogP) is 3.85. The molecule has 3 nitrogen and oxygen atoms in total. The van der Waals surface area contributed by atoms with Gasteiger partial charge in [-0.15, -0.1) is 0 Å². The van der Waals surface area contributed by atoms with Gasteiger partial charge in [0.15, 0.2) is 0 Å². The Hall–Kier alpha value is -1.53. The number of benzene rings is 1. The normalized spacial score (nSPS) is 25.6. The summed E-state index contributed by atoms with van der Waals surface area (Å²) in [6.45, 7) is 3.13. The lowest BCUT2D eigenvalue weighted by atomic mass is 9.77. The van der Waals surface area contributed by atoms with Crippen LogP contribution in [0.5, 0.6) is 5.75 Å². The van der Waals surface area contributed by atoms with Crippen LogP contribution in [0.3, 0.4) is 0 Å². The molecule has 0 saturated heterocycles. The van der Waals surface area contributed by atoms with Crippen molar-refractivity contribution in [3.63, 3.8) is 0 Å². The molecule has 3 unspecified atom stereocenters. The highest BCUT2D eigenvalue weighted by atomic mass is 16.5. The van der Waals surface area contributed by atoms with E-state index in [1.807, 2.05) is 12.1 Å². The van der Waals surface area contributed by atoms with Crippen molar-refractivity contribution in [2.75, 3.05) is 14.2 Å². The highest BCUT2D eigenvalue weighted by molar-refractivity contribution is 5.28. The van der Waals surface area contributed by atoms with Gasteiger partial charge in [-0.1, -0.05) is 25.5 Å². The third-order valence-corrected chi connectivity index (χ3v) is 4.80. The van der Waals surface area contributed by atoms with Gasteiger partial charge in [0.1, 0.15) is 5.75 Å². The molecule has 0 spiro atoms. The van der Waals surface area contributed by atoms with Crippen LogP contribution in [0.4, 0.5) is 0 Å². The number of nitriles is 1. The van der Waals surface area contributed by atoms with Crippen molar-refractivity contribution in [3.8, 4) is 11.8 Å². The summed E-state index contributed by atoms with van der Waals surface area (Å²) in [5.74, 6) is 1.84. The van der Waals surface area contributed by atoms with E-state index >= 15 is 0 Å². The van der Waals surface area contributed by atoms with Crippen molar-refractivity contribution in [2.24, 2.45) is 11.8 Å². The Morgan fingerprint density at radius 3 is 2.86 bits per heavy atom. The van der Waals surface area contributed by atoms with E-state index in [9.17, 15) is 5.26 Å². The first-order valence-electron chi connectivity index (χ1n) is 7.90. The summed E-state index contributed by atoms with van der Waals surface area (Å²) in [5.41, 5.74) is 1.24. The Balaban J connectivity index is 2.06. The second kappa shape index (κ2) is 7.47. The van der Waals surface area contributed by atoms with Gasteiger partial charge >= 0.3 is 0 Å². The molecule has 1 aromatic rings. The lowest BCUT2D eigenvalue weighted by Gasteiger charge is -2.38. The summed E-state index contributed by atoms with van der Waals surface area (Å²) in [6, 6.07) is 11.1. The van der Waals surface area contributed by atoms with E-state index in [1.165, 1.54) is 18.4 Å². The van der Waals surface area contributed by atoms with Crippen LogP contribution in [0, 0.1) is 23.2 Å². The average molecular weight is 286 g/mol. The molecule has 0 N–H and O–H groups in total. The monoisotopic (exact) mass is 286 g/mol. The molecule has 0 aliphatic heterocycles. The Labute approximate surface area is 128 Å². The van der Waals surface area contributed by atoms with Gasteiger partial charge in [-0.3, -0.25) is 4.90 Å². The summed E-state index contributed by atoms with van der Waals surface area (Å²) >= 11 is 0. The topological polar surface area (TPSA) is 36.3 Å². The maximum atomic E-state index is 9.42. The summed E-state index contributed by atoms with van der Waals surface area (Å²) in [5, 5.41) is 9.42. The van der Waals surface area contributed by atoms with E-state index in [0.717, 1.165) is 31.1 Å². The van der Waals surface area contributed by atoms with E-state index < -0.39 is 0 Å². The van der Waals surface area contributed by atoms with Crippen molar-refractivity contribution in [1.29, 1.82) is 5.26 Å². The number of hydrogen-bond donors (Lipinski definition) is 0. The van der Waals surface area contributed by atoms with Crippen LogP contribution in [0.15, 0.2) is 24.3 Å². The molecule has 21 heavy (non-hydrogen) atoms. The Bertz CT molecular complexity index is 494. The van der Waals surface area contributed by atoms with Gasteiger partial charge < -0.3 is 4.74 Å². The molecular formula is C18H26N2O. The van der Waals surface area contributed by atoms with Gasteiger partial charge in [0.2, 0.25) is 0 Å². The molecule has 0 heterocycles. The van der Waals surface area contributed by atoms with Crippen LogP contribution in [0.2, 0.25) is 0 Å². The highest BCUT2D eigenvalue weighted by Gasteiger charge is 2.32. The first kappa shape index (κ1) is 15.9. The maximum Gasteiger partial charge on any atom is 0.119 e. The molecule has 0 aromatic heterocycles. The largest absolute Gasteiger partial charge is 0.497 e. The van der Waals surface area contributed by atoms with Crippen LogP contribution in [0.1, 0.15) is 38.2 Å². The molecule has 0 amide bonds.